The van der Waals surface area contributed by atoms with Gasteiger partial charge in [0.05, 0.1) is 0 Å². The van der Waals surface area contributed by atoms with Gasteiger partial charge in [0.1, 0.15) is 5.82 Å². The molecule has 1 saturated carbocycles. The zero-order valence-electron chi connectivity index (χ0n) is 9.05. The summed E-state index contributed by atoms with van der Waals surface area (Å²) in [5, 5.41) is 0. The first kappa shape index (κ1) is 11.8. The van der Waals surface area contributed by atoms with Crippen molar-refractivity contribution in [2.45, 2.75) is 31.7 Å². The quantitative estimate of drug-likeness (QED) is 0.832. The highest BCUT2D eigenvalue weighted by Crippen LogP contribution is 2.25. The van der Waals surface area contributed by atoms with Crippen LogP contribution in [0.1, 0.15) is 31.2 Å². The molecule has 2 rings (SSSR count). The summed E-state index contributed by atoms with van der Waals surface area (Å²) in [4.78, 5) is 0. The maximum absolute atomic E-state index is 13.2. The zero-order chi connectivity index (χ0) is 11.5. The fourth-order valence-electron chi connectivity index (χ4n) is 2.16. The average Bonchev–Trinajstić information content (AvgIpc) is 2.15. The van der Waals surface area contributed by atoms with Crippen LogP contribution in [0.2, 0.25) is 0 Å². The Labute approximate surface area is 104 Å². The van der Waals surface area contributed by atoms with Crippen LogP contribution in [0.4, 0.5) is 4.39 Å². The molecule has 0 amide bonds. The van der Waals surface area contributed by atoms with E-state index in [0.717, 1.165) is 35.7 Å². The minimum absolute atomic E-state index is 0.207. The van der Waals surface area contributed by atoms with Crippen LogP contribution >= 0.6 is 15.9 Å². The first-order valence-electron chi connectivity index (χ1n) is 5.54. The van der Waals surface area contributed by atoms with Gasteiger partial charge < -0.3 is 5.73 Å². The third-order valence-corrected chi connectivity index (χ3v) is 3.31. The lowest BCUT2D eigenvalue weighted by molar-refractivity contribution is 0.520. The SMILES string of the molecule is NC1CCCC(=Cc2cc(F)cc(Br)c2)C1. The van der Waals surface area contributed by atoms with Crippen LogP contribution in [-0.2, 0) is 0 Å². The van der Waals surface area contributed by atoms with Gasteiger partial charge >= 0.3 is 0 Å². The molecule has 3 heteroatoms. The van der Waals surface area contributed by atoms with Crippen LogP contribution in [0, 0.1) is 5.82 Å². The molecule has 1 aliphatic carbocycles. The van der Waals surface area contributed by atoms with Gasteiger partial charge in [-0.25, -0.2) is 4.39 Å². The Balaban J connectivity index is 2.21. The van der Waals surface area contributed by atoms with Crippen molar-refractivity contribution in [2.24, 2.45) is 5.73 Å². The smallest absolute Gasteiger partial charge is 0.124 e. The van der Waals surface area contributed by atoms with Crippen molar-refractivity contribution in [3.05, 3.63) is 39.6 Å². The second-order valence-corrected chi connectivity index (χ2v) is 5.28. The second kappa shape index (κ2) is 5.11. The highest BCUT2D eigenvalue weighted by molar-refractivity contribution is 9.10. The van der Waals surface area contributed by atoms with Crippen molar-refractivity contribution < 1.29 is 4.39 Å². The molecule has 1 nitrogen and oxygen atoms in total. The van der Waals surface area contributed by atoms with E-state index in [1.165, 1.54) is 11.6 Å². The first-order valence-corrected chi connectivity index (χ1v) is 6.34. The Kier molecular flexibility index (Phi) is 3.77. The van der Waals surface area contributed by atoms with E-state index in [2.05, 4.69) is 22.0 Å². The molecular weight excluding hydrogens is 269 g/mol. The number of rotatable bonds is 1. The Morgan fingerprint density at radius 2 is 2.19 bits per heavy atom. The van der Waals surface area contributed by atoms with Crippen LogP contribution < -0.4 is 5.73 Å². The number of hydrogen-bond donors (Lipinski definition) is 1. The Bertz CT molecular complexity index is 394. The van der Waals surface area contributed by atoms with E-state index in [1.807, 2.05) is 6.07 Å². The fourth-order valence-corrected chi connectivity index (χ4v) is 2.64. The zero-order valence-corrected chi connectivity index (χ0v) is 10.6. The van der Waals surface area contributed by atoms with Crippen molar-refractivity contribution in [3.63, 3.8) is 0 Å². The van der Waals surface area contributed by atoms with E-state index in [-0.39, 0.29) is 11.9 Å². The van der Waals surface area contributed by atoms with Crippen LogP contribution in [-0.4, -0.2) is 6.04 Å². The van der Waals surface area contributed by atoms with Gasteiger partial charge in [0.2, 0.25) is 0 Å². The van der Waals surface area contributed by atoms with E-state index in [1.54, 1.807) is 6.07 Å². The lowest BCUT2D eigenvalue weighted by Crippen LogP contribution is -2.23. The Morgan fingerprint density at radius 3 is 2.88 bits per heavy atom. The summed E-state index contributed by atoms with van der Waals surface area (Å²) in [5.74, 6) is -0.207. The monoisotopic (exact) mass is 283 g/mol. The predicted octanol–water partition coefficient (Wildman–Crippen LogP) is 3.87. The number of benzene rings is 1. The lowest BCUT2D eigenvalue weighted by atomic mass is 9.90. The molecule has 2 N–H and O–H groups in total. The molecule has 0 saturated heterocycles. The van der Waals surface area contributed by atoms with Crippen molar-refractivity contribution in [2.75, 3.05) is 0 Å². The van der Waals surface area contributed by atoms with Gasteiger partial charge in [-0.3, -0.25) is 0 Å². The summed E-state index contributed by atoms with van der Waals surface area (Å²) in [6, 6.07) is 5.22. The van der Waals surface area contributed by atoms with Crippen molar-refractivity contribution in [3.8, 4) is 0 Å². The van der Waals surface area contributed by atoms with Gasteiger partial charge in [-0.2, -0.15) is 0 Å². The van der Waals surface area contributed by atoms with Crippen LogP contribution in [0.15, 0.2) is 28.2 Å². The van der Waals surface area contributed by atoms with Gasteiger partial charge in [-0.1, -0.05) is 27.6 Å². The van der Waals surface area contributed by atoms with E-state index < -0.39 is 0 Å². The highest BCUT2D eigenvalue weighted by Gasteiger charge is 2.12. The van der Waals surface area contributed by atoms with Crippen molar-refractivity contribution in [1.29, 1.82) is 0 Å². The third kappa shape index (κ3) is 3.16. The van der Waals surface area contributed by atoms with E-state index in [9.17, 15) is 4.39 Å². The third-order valence-electron chi connectivity index (χ3n) is 2.85. The Morgan fingerprint density at radius 1 is 1.38 bits per heavy atom. The Hall–Kier alpha value is -0.670. The van der Waals surface area contributed by atoms with Gasteiger partial charge in [-0.05, 0) is 49.4 Å². The second-order valence-electron chi connectivity index (χ2n) is 4.36. The molecule has 1 aliphatic rings. The highest BCUT2D eigenvalue weighted by atomic mass is 79.9. The number of hydrogen-bond acceptors (Lipinski definition) is 1. The summed E-state index contributed by atoms with van der Waals surface area (Å²) in [6.07, 6.45) is 6.33. The fraction of sp³-hybridized carbons (Fsp3) is 0.385. The van der Waals surface area contributed by atoms with Crippen LogP contribution in [0.5, 0.6) is 0 Å². The molecule has 0 radical (unpaired) electrons. The van der Waals surface area contributed by atoms with Crippen LogP contribution in [0.3, 0.4) is 0 Å². The van der Waals surface area contributed by atoms with E-state index >= 15 is 0 Å². The molecule has 86 valence electrons. The molecule has 1 unspecified atom stereocenters. The number of halogens is 2. The molecule has 0 aromatic heterocycles. The van der Waals surface area contributed by atoms with Gasteiger partial charge in [0.25, 0.3) is 0 Å². The molecule has 16 heavy (non-hydrogen) atoms. The predicted molar refractivity (Wildman–Crippen MR) is 68.5 cm³/mol. The molecule has 0 bridgehead atoms. The summed E-state index contributed by atoms with van der Waals surface area (Å²) < 4.78 is 14.0. The molecule has 1 atom stereocenters. The lowest BCUT2D eigenvalue weighted by Gasteiger charge is -2.20. The number of nitrogens with two attached hydrogens (primary N) is 1. The molecule has 0 heterocycles. The van der Waals surface area contributed by atoms with Crippen molar-refractivity contribution in [1.82, 2.24) is 0 Å². The molecule has 0 aliphatic heterocycles. The molecule has 1 aromatic rings. The van der Waals surface area contributed by atoms with Crippen molar-refractivity contribution >= 4 is 22.0 Å². The van der Waals surface area contributed by atoms with Crippen LogP contribution in [0.25, 0.3) is 6.08 Å². The minimum atomic E-state index is -0.207. The molecular formula is C13H15BrFN. The first-order chi connectivity index (χ1) is 7.63. The minimum Gasteiger partial charge on any atom is -0.327 e. The summed E-state index contributed by atoms with van der Waals surface area (Å²) in [6.45, 7) is 0. The molecule has 1 fully saturated rings. The van der Waals surface area contributed by atoms with E-state index in [4.69, 9.17) is 5.73 Å². The average molecular weight is 284 g/mol. The van der Waals surface area contributed by atoms with E-state index in [0.29, 0.717) is 0 Å². The molecule has 1 aromatic carbocycles. The summed E-state index contributed by atoms with van der Waals surface area (Å²) in [7, 11) is 0. The van der Waals surface area contributed by atoms with Gasteiger partial charge in [0.15, 0.2) is 0 Å². The normalized spacial score (nSPS) is 23.7. The van der Waals surface area contributed by atoms with Gasteiger partial charge in [0, 0.05) is 10.5 Å². The largest absolute Gasteiger partial charge is 0.327 e. The standard InChI is InChI=1S/C13H15BrFN/c14-11-5-10(6-12(15)8-11)4-9-2-1-3-13(16)7-9/h4-6,8,13H,1-3,7,16H2. The molecule has 0 spiro atoms. The topological polar surface area (TPSA) is 26.0 Å². The summed E-state index contributed by atoms with van der Waals surface area (Å²) in [5.41, 5.74) is 8.16. The summed E-state index contributed by atoms with van der Waals surface area (Å²) >= 11 is 3.30. The van der Waals surface area contributed by atoms with Gasteiger partial charge in [-0.15, -0.1) is 0 Å². The maximum Gasteiger partial charge on any atom is 0.124 e. The maximum atomic E-state index is 13.2.